The fourth-order valence-corrected chi connectivity index (χ4v) is 8.43. The Morgan fingerprint density at radius 2 is 1.16 bits per heavy atom. The lowest BCUT2D eigenvalue weighted by Gasteiger charge is -2.49. The standard InChI is InChI=1S/C23H38N3O4P/c1-23(2,3)21-6-4-20(5-7-21)22(24-8-14-28-15-9-24)31(27,25-10-16-29-17-11-25)26-12-18-30-19-13-26/h4-7,22H,8-19H2,1-3H3/t22-/m0/s1. The minimum absolute atomic E-state index is 0.0884. The minimum Gasteiger partial charge on any atom is -0.379 e. The van der Waals surface area contributed by atoms with Crippen LogP contribution in [0.5, 0.6) is 0 Å². The van der Waals surface area contributed by atoms with Crippen molar-refractivity contribution in [2.75, 3.05) is 78.9 Å². The summed E-state index contributed by atoms with van der Waals surface area (Å²) in [5, 5.41) is 0. The van der Waals surface area contributed by atoms with Gasteiger partial charge in [0.2, 0.25) is 7.44 Å². The molecule has 0 saturated carbocycles. The van der Waals surface area contributed by atoms with Crippen molar-refractivity contribution in [3.8, 4) is 0 Å². The number of morpholine rings is 3. The van der Waals surface area contributed by atoms with Crippen molar-refractivity contribution in [3.63, 3.8) is 0 Å². The average molecular weight is 452 g/mol. The Morgan fingerprint density at radius 3 is 1.58 bits per heavy atom. The second kappa shape index (κ2) is 10.0. The fourth-order valence-electron chi connectivity index (χ4n) is 4.76. The molecule has 0 aromatic heterocycles. The van der Waals surface area contributed by atoms with Crippen LogP contribution in [0.25, 0.3) is 0 Å². The maximum absolute atomic E-state index is 15.3. The number of hydrogen-bond acceptors (Lipinski definition) is 5. The molecule has 7 nitrogen and oxygen atoms in total. The van der Waals surface area contributed by atoms with Gasteiger partial charge in [-0.15, -0.1) is 0 Å². The molecule has 3 aliphatic heterocycles. The minimum atomic E-state index is -2.95. The van der Waals surface area contributed by atoms with E-state index in [0.29, 0.717) is 65.8 Å². The van der Waals surface area contributed by atoms with Gasteiger partial charge in [0, 0.05) is 39.3 Å². The van der Waals surface area contributed by atoms with Crippen LogP contribution >= 0.6 is 7.44 Å². The quantitative estimate of drug-likeness (QED) is 0.638. The maximum Gasteiger partial charge on any atom is 0.237 e. The Hall–Kier alpha value is -0.790. The number of nitrogens with zero attached hydrogens (tertiary/aromatic N) is 3. The highest BCUT2D eigenvalue weighted by Crippen LogP contribution is 2.65. The molecule has 3 saturated heterocycles. The molecule has 174 valence electrons. The van der Waals surface area contributed by atoms with Crippen molar-refractivity contribution in [2.24, 2.45) is 0 Å². The van der Waals surface area contributed by atoms with Crippen LogP contribution in [0.3, 0.4) is 0 Å². The Morgan fingerprint density at radius 1 is 0.742 bits per heavy atom. The average Bonchev–Trinajstić information content (AvgIpc) is 2.81. The van der Waals surface area contributed by atoms with E-state index in [0.717, 1.165) is 18.7 Å². The van der Waals surface area contributed by atoms with Gasteiger partial charge in [0.15, 0.2) is 0 Å². The molecule has 8 heteroatoms. The molecule has 0 unspecified atom stereocenters. The summed E-state index contributed by atoms with van der Waals surface area (Å²) in [6.45, 7) is 15.0. The molecule has 0 spiro atoms. The van der Waals surface area contributed by atoms with Crippen LogP contribution in [0.1, 0.15) is 37.7 Å². The highest BCUT2D eigenvalue weighted by atomic mass is 31.2. The molecule has 1 aromatic rings. The normalized spacial score (nSPS) is 24.2. The number of hydrogen-bond donors (Lipinski definition) is 0. The van der Waals surface area contributed by atoms with Crippen LogP contribution in [0.2, 0.25) is 0 Å². The summed E-state index contributed by atoms with van der Waals surface area (Å²) in [6, 6.07) is 8.83. The second-order valence-corrected chi connectivity index (χ2v) is 12.4. The van der Waals surface area contributed by atoms with Crippen LogP contribution in [0, 0.1) is 0 Å². The van der Waals surface area contributed by atoms with Crippen LogP contribution in [0.4, 0.5) is 0 Å². The summed E-state index contributed by atoms with van der Waals surface area (Å²) in [5.41, 5.74) is 2.52. The first-order chi connectivity index (χ1) is 14.9. The SMILES string of the molecule is CC(C)(C)c1ccc([C@@H](N2CCOCC2)P(=O)(N2CCOCC2)N2CCOCC2)cc1. The van der Waals surface area contributed by atoms with E-state index in [-0.39, 0.29) is 11.2 Å². The molecule has 1 aromatic carbocycles. The predicted octanol–water partition coefficient (Wildman–Crippen LogP) is 3.17. The monoisotopic (exact) mass is 451 g/mol. The van der Waals surface area contributed by atoms with Gasteiger partial charge < -0.3 is 14.2 Å². The van der Waals surface area contributed by atoms with Gasteiger partial charge >= 0.3 is 0 Å². The Labute approximate surface area is 187 Å². The third kappa shape index (κ3) is 5.09. The lowest BCUT2D eigenvalue weighted by atomic mass is 9.86. The summed E-state index contributed by atoms with van der Waals surface area (Å²) in [4.78, 5) is 2.39. The summed E-state index contributed by atoms with van der Waals surface area (Å²) >= 11 is 0. The van der Waals surface area contributed by atoms with Gasteiger partial charge in [0.05, 0.1) is 39.6 Å². The maximum atomic E-state index is 15.3. The van der Waals surface area contributed by atoms with Gasteiger partial charge in [-0.05, 0) is 16.5 Å². The zero-order chi connectivity index (χ0) is 21.9. The Kier molecular flexibility index (Phi) is 7.54. The summed E-state index contributed by atoms with van der Waals surface area (Å²) < 4.78 is 36.6. The third-order valence-electron chi connectivity index (χ3n) is 6.57. The van der Waals surface area contributed by atoms with Gasteiger partial charge in [-0.25, -0.2) is 9.34 Å². The number of ether oxygens (including phenoxy) is 3. The van der Waals surface area contributed by atoms with Crippen molar-refractivity contribution in [3.05, 3.63) is 35.4 Å². The largest absolute Gasteiger partial charge is 0.379 e. The van der Waals surface area contributed by atoms with Gasteiger partial charge in [-0.2, -0.15) is 0 Å². The van der Waals surface area contributed by atoms with E-state index in [4.69, 9.17) is 14.2 Å². The lowest BCUT2D eigenvalue weighted by molar-refractivity contribution is 0.0199. The van der Waals surface area contributed by atoms with Crippen molar-refractivity contribution in [1.29, 1.82) is 0 Å². The number of benzene rings is 1. The van der Waals surface area contributed by atoms with Gasteiger partial charge in [-0.1, -0.05) is 45.0 Å². The fraction of sp³-hybridized carbons (Fsp3) is 0.739. The first kappa shape index (κ1) is 23.4. The van der Waals surface area contributed by atoms with E-state index in [2.05, 4.69) is 59.3 Å². The van der Waals surface area contributed by atoms with Crippen LogP contribution in [0.15, 0.2) is 24.3 Å². The third-order valence-corrected chi connectivity index (χ3v) is 10.3. The second-order valence-electron chi connectivity index (χ2n) is 9.62. The zero-order valence-electron chi connectivity index (χ0n) is 19.3. The van der Waals surface area contributed by atoms with Crippen molar-refractivity contribution < 1.29 is 18.8 Å². The Balaban J connectivity index is 1.77. The van der Waals surface area contributed by atoms with Crippen molar-refractivity contribution in [1.82, 2.24) is 14.2 Å². The lowest BCUT2D eigenvalue weighted by Crippen LogP contribution is -2.49. The van der Waals surface area contributed by atoms with Crippen LogP contribution in [-0.2, 0) is 24.2 Å². The molecule has 0 amide bonds. The molecule has 4 rings (SSSR count). The molecule has 0 aliphatic carbocycles. The van der Waals surface area contributed by atoms with Gasteiger partial charge in [-0.3, -0.25) is 9.46 Å². The molecular formula is C23H38N3O4P. The summed E-state index contributed by atoms with van der Waals surface area (Å²) in [6.07, 6.45) is 0. The first-order valence-electron chi connectivity index (χ1n) is 11.6. The smallest absolute Gasteiger partial charge is 0.237 e. The highest BCUT2D eigenvalue weighted by Gasteiger charge is 2.48. The topological polar surface area (TPSA) is 54.5 Å². The number of rotatable bonds is 5. The Bertz CT molecular complexity index is 727. The van der Waals surface area contributed by atoms with E-state index < -0.39 is 7.44 Å². The summed E-state index contributed by atoms with van der Waals surface area (Å²) in [5.74, 6) is -0.179. The molecule has 3 aliphatic rings. The first-order valence-corrected chi connectivity index (χ1v) is 13.3. The van der Waals surface area contributed by atoms with Crippen molar-refractivity contribution in [2.45, 2.75) is 32.0 Å². The van der Waals surface area contributed by atoms with Gasteiger partial charge in [0.1, 0.15) is 5.78 Å². The molecule has 3 fully saturated rings. The van der Waals surface area contributed by atoms with Crippen molar-refractivity contribution >= 4 is 7.44 Å². The van der Waals surface area contributed by atoms with Crippen LogP contribution < -0.4 is 0 Å². The molecule has 31 heavy (non-hydrogen) atoms. The van der Waals surface area contributed by atoms with E-state index in [9.17, 15) is 0 Å². The predicted molar refractivity (Wildman–Crippen MR) is 123 cm³/mol. The molecule has 3 heterocycles. The zero-order valence-corrected chi connectivity index (χ0v) is 20.2. The highest BCUT2D eigenvalue weighted by molar-refractivity contribution is 7.59. The molecule has 0 N–H and O–H groups in total. The molecule has 0 bridgehead atoms. The van der Waals surface area contributed by atoms with E-state index in [1.54, 1.807) is 0 Å². The van der Waals surface area contributed by atoms with Crippen LogP contribution in [-0.4, -0.2) is 93.2 Å². The molecular weight excluding hydrogens is 413 g/mol. The van der Waals surface area contributed by atoms with Gasteiger partial charge in [0.25, 0.3) is 0 Å². The van der Waals surface area contributed by atoms with E-state index >= 15 is 4.57 Å². The van der Waals surface area contributed by atoms with E-state index in [1.807, 2.05) is 0 Å². The molecule has 0 radical (unpaired) electrons. The molecule has 1 atom stereocenters. The summed E-state index contributed by atoms with van der Waals surface area (Å²) in [7, 11) is -2.95. The van der Waals surface area contributed by atoms with E-state index in [1.165, 1.54) is 5.56 Å².